The largest absolute Gasteiger partial charge is 0.361 e. The summed E-state index contributed by atoms with van der Waals surface area (Å²) in [5, 5.41) is 1.40. The normalized spacial score (nSPS) is 10.9. The monoisotopic (exact) mass is 389 g/mol. The van der Waals surface area contributed by atoms with Crippen molar-refractivity contribution in [3.8, 4) is 0 Å². The number of carbonyl (C=O) groups is 2. The van der Waals surface area contributed by atoms with Gasteiger partial charge in [0.05, 0.1) is 23.7 Å². The molecule has 0 bridgehead atoms. The van der Waals surface area contributed by atoms with Crippen molar-refractivity contribution in [2.45, 2.75) is 19.9 Å². The van der Waals surface area contributed by atoms with E-state index in [-0.39, 0.29) is 24.4 Å². The highest BCUT2D eigenvalue weighted by Crippen LogP contribution is 2.17. The molecule has 2 amide bonds. The van der Waals surface area contributed by atoms with Crippen molar-refractivity contribution >= 4 is 33.6 Å². The minimum absolute atomic E-state index is 0.112. The molecular weight excluding hydrogens is 370 g/mol. The second kappa shape index (κ2) is 7.59. The summed E-state index contributed by atoms with van der Waals surface area (Å²) < 4.78 is 1.21. The van der Waals surface area contributed by atoms with E-state index in [0.29, 0.717) is 10.9 Å². The summed E-state index contributed by atoms with van der Waals surface area (Å²) in [6, 6.07) is 13.0. The first-order chi connectivity index (χ1) is 14.0. The van der Waals surface area contributed by atoms with Crippen LogP contribution in [0.25, 0.3) is 21.8 Å². The van der Waals surface area contributed by atoms with Crippen LogP contribution in [0.3, 0.4) is 0 Å². The number of aryl methyl sites for hydroxylation is 1. The van der Waals surface area contributed by atoms with Gasteiger partial charge in [-0.1, -0.05) is 30.3 Å². The number of hydrazine groups is 1. The van der Waals surface area contributed by atoms with Gasteiger partial charge in [0.15, 0.2) is 0 Å². The fraction of sp³-hybridized carbons (Fsp3) is 0.143. The highest BCUT2D eigenvalue weighted by atomic mass is 16.2. The maximum absolute atomic E-state index is 12.5. The third-order valence-electron chi connectivity index (χ3n) is 4.74. The zero-order chi connectivity index (χ0) is 20.4. The third-order valence-corrected chi connectivity index (χ3v) is 4.74. The number of aromatic amines is 1. The van der Waals surface area contributed by atoms with E-state index in [1.165, 1.54) is 10.9 Å². The topological polar surface area (TPSA) is 109 Å². The average Bonchev–Trinajstić information content (AvgIpc) is 3.12. The number of aromatic nitrogens is 3. The van der Waals surface area contributed by atoms with Crippen molar-refractivity contribution < 1.29 is 9.59 Å². The van der Waals surface area contributed by atoms with Gasteiger partial charge in [0.2, 0.25) is 5.91 Å². The number of nitrogens with one attached hydrogen (secondary N) is 3. The van der Waals surface area contributed by atoms with Crippen molar-refractivity contribution in [3.63, 3.8) is 0 Å². The first kappa shape index (κ1) is 18.4. The van der Waals surface area contributed by atoms with Crippen LogP contribution >= 0.6 is 0 Å². The Bertz CT molecular complexity index is 1290. The number of carbonyl (C=O) groups excluding carboxylic acids is 2. The number of benzene rings is 2. The molecule has 2 heterocycles. The maximum atomic E-state index is 12.5. The van der Waals surface area contributed by atoms with Crippen LogP contribution in [0.15, 0.2) is 59.8 Å². The number of para-hydroxylation sites is 2. The molecule has 4 rings (SSSR count). The lowest BCUT2D eigenvalue weighted by Crippen LogP contribution is -2.44. The SMILES string of the molecule is Cc1cccc2c(=O)n(CC(=O)NNC(=O)Cc3c[nH]c4ccccc34)cnc12. The molecule has 4 aromatic rings. The Morgan fingerprint density at radius 1 is 1.03 bits per heavy atom. The Kier molecular flexibility index (Phi) is 4.82. The summed E-state index contributed by atoms with van der Waals surface area (Å²) in [7, 11) is 0. The van der Waals surface area contributed by atoms with E-state index in [1.54, 1.807) is 18.3 Å². The van der Waals surface area contributed by atoms with Crippen LogP contribution in [0, 0.1) is 6.92 Å². The van der Waals surface area contributed by atoms with Crippen molar-refractivity contribution in [1.29, 1.82) is 0 Å². The molecule has 0 saturated heterocycles. The van der Waals surface area contributed by atoms with Gasteiger partial charge in [0, 0.05) is 17.1 Å². The molecule has 0 radical (unpaired) electrons. The summed E-state index contributed by atoms with van der Waals surface area (Å²) in [4.78, 5) is 44.2. The lowest BCUT2D eigenvalue weighted by Gasteiger charge is -2.09. The lowest BCUT2D eigenvalue weighted by molar-refractivity contribution is -0.128. The number of hydrogen-bond acceptors (Lipinski definition) is 4. The minimum Gasteiger partial charge on any atom is -0.361 e. The van der Waals surface area contributed by atoms with Gasteiger partial charge in [-0.2, -0.15) is 0 Å². The van der Waals surface area contributed by atoms with Crippen LogP contribution in [0.5, 0.6) is 0 Å². The molecule has 0 aliphatic carbocycles. The van der Waals surface area contributed by atoms with Gasteiger partial charge in [0.25, 0.3) is 11.5 Å². The molecule has 8 heteroatoms. The Labute approximate surface area is 165 Å². The molecule has 0 fully saturated rings. The summed E-state index contributed by atoms with van der Waals surface area (Å²) in [5.41, 5.74) is 7.69. The predicted octanol–water partition coefficient (Wildman–Crippen LogP) is 1.58. The summed E-state index contributed by atoms with van der Waals surface area (Å²) in [6.07, 6.45) is 3.22. The quantitative estimate of drug-likeness (QED) is 0.460. The standard InChI is InChI=1S/C21H19N5O3/c1-13-5-4-7-16-20(13)23-12-26(21(16)29)11-19(28)25-24-18(27)9-14-10-22-17-8-3-2-6-15(14)17/h2-8,10,12,22H,9,11H2,1H3,(H,24,27)(H,25,28). The summed E-state index contributed by atoms with van der Waals surface area (Å²) >= 11 is 0. The molecule has 2 aromatic carbocycles. The van der Waals surface area contributed by atoms with E-state index >= 15 is 0 Å². The zero-order valence-corrected chi connectivity index (χ0v) is 15.7. The summed E-state index contributed by atoms with van der Waals surface area (Å²) in [5.74, 6) is -0.879. The van der Waals surface area contributed by atoms with Crippen molar-refractivity contribution in [1.82, 2.24) is 25.4 Å². The highest BCUT2D eigenvalue weighted by Gasteiger charge is 2.12. The second-order valence-corrected chi connectivity index (χ2v) is 6.78. The average molecular weight is 389 g/mol. The molecule has 2 aromatic heterocycles. The molecule has 8 nitrogen and oxygen atoms in total. The van der Waals surface area contributed by atoms with E-state index < -0.39 is 5.91 Å². The molecule has 146 valence electrons. The van der Waals surface area contributed by atoms with Crippen molar-refractivity contribution in [3.05, 3.63) is 76.5 Å². The molecule has 0 saturated carbocycles. The number of H-pyrrole nitrogens is 1. The first-order valence-corrected chi connectivity index (χ1v) is 9.10. The van der Waals surface area contributed by atoms with Crippen LogP contribution in [0.4, 0.5) is 0 Å². The summed E-state index contributed by atoms with van der Waals surface area (Å²) in [6.45, 7) is 1.62. The predicted molar refractivity (Wildman–Crippen MR) is 109 cm³/mol. The van der Waals surface area contributed by atoms with Crippen LogP contribution in [-0.4, -0.2) is 26.3 Å². The molecule has 0 aliphatic rings. The van der Waals surface area contributed by atoms with E-state index in [9.17, 15) is 14.4 Å². The first-order valence-electron chi connectivity index (χ1n) is 9.10. The van der Waals surface area contributed by atoms with Gasteiger partial charge in [0.1, 0.15) is 6.54 Å². The maximum Gasteiger partial charge on any atom is 0.261 e. The van der Waals surface area contributed by atoms with E-state index in [2.05, 4.69) is 20.8 Å². The fourth-order valence-electron chi connectivity index (χ4n) is 3.28. The Balaban J connectivity index is 1.39. The van der Waals surface area contributed by atoms with Gasteiger partial charge >= 0.3 is 0 Å². The molecule has 3 N–H and O–H groups in total. The molecular formula is C21H19N5O3. The number of amides is 2. The number of nitrogens with zero attached hydrogens (tertiary/aromatic N) is 2. The lowest BCUT2D eigenvalue weighted by atomic mass is 10.1. The van der Waals surface area contributed by atoms with Gasteiger partial charge in [-0.05, 0) is 30.2 Å². The number of hydrogen-bond donors (Lipinski definition) is 3. The van der Waals surface area contributed by atoms with Gasteiger partial charge in [-0.3, -0.25) is 29.8 Å². The number of fused-ring (bicyclic) bond motifs is 2. The molecule has 0 unspecified atom stereocenters. The Morgan fingerprint density at radius 2 is 1.79 bits per heavy atom. The second-order valence-electron chi connectivity index (χ2n) is 6.78. The van der Waals surface area contributed by atoms with Crippen molar-refractivity contribution in [2.75, 3.05) is 0 Å². The van der Waals surface area contributed by atoms with E-state index in [1.807, 2.05) is 37.3 Å². The molecule has 0 spiro atoms. The van der Waals surface area contributed by atoms with Gasteiger partial charge in [-0.25, -0.2) is 4.98 Å². The van der Waals surface area contributed by atoms with Crippen molar-refractivity contribution in [2.24, 2.45) is 0 Å². The molecule has 0 atom stereocenters. The fourth-order valence-corrected chi connectivity index (χ4v) is 3.28. The van der Waals surface area contributed by atoms with E-state index in [4.69, 9.17) is 0 Å². The van der Waals surface area contributed by atoms with Crippen LogP contribution in [0.2, 0.25) is 0 Å². The van der Waals surface area contributed by atoms with Crippen LogP contribution in [-0.2, 0) is 22.6 Å². The van der Waals surface area contributed by atoms with E-state index in [0.717, 1.165) is 22.0 Å². The van der Waals surface area contributed by atoms with Gasteiger partial charge < -0.3 is 4.98 Å². The molecule has 29 heavy (non-hydrogen) atoms. The minimum atomic E-state index is -0.520. The van der Waals surface area contributed by atoms with Gasteiger partial charge in [-0.15, -0.1) is 0 Å². The smallest absolute Gasteiger partial charge is 0.261 e. The van der Waals surface area contributed by atoms with Crippen LogP contribution in [0.1, 0.15) is 11.1 Å². The Hall–Kier alpha value is -3.94. The Morgan fingerprint density at radius 3 is 2.66 bits per heavy atom. The van der Waals surface area contributed by atoms with Crippen LogP contribution < -0.4 is 16.4 Å². The highest BCUT2D eigenvalue weighted by molar-refractivity contribution is 5.89. The third kappa shape index (κ3) is 3.73. The molecule has 0 aliphatic heterocycles. The zero-order valence-electron chi connectivity index (χ0n) is 15.7. The number of rotatable bonds is 4.